The van der Waals surface area contributed by atoms with E-state index in [1.807, 2.05) is 20.8 Å². The minimum absolute atomic E-state index is 0.0467. The molecular formula is C23H25Cl2N5O4. The summed E-state index contributed by atoms with van der Waals surface area (Å²) in [4.78, 5) is 41.4. The second kappa shape index (κ2) is 12.1. The van der Waals surface area contributed by atoms with E-state index in [0.717, 1.165) is 12.8 Å². The van der Waals surface area contributed by atoms with Crippen molar-refractivity contribution in [3.63, 3.8) is 0 Å². The number of methoxy groups -OCH3 is 1. The van der Waals surface area contributed by atoms with Gasteiger partial charge in [-0.3, -0.25) is 19.6 Å². The van der Waals surface area contributed by atoms with Crippen LogP contribution in [-0.4, -0.2) is 34.6 Å². The third kappa shape index (κ3) is 6.06. The van der Waals surface area contributed by atoms with Crippen LogP contribution in [0, 0.1) is 13.8 Å². The Labute approximate surface area is 207 Å². The van der Waals surface area contributed by atoms with E-state index in [9.17, 15) is 14.4 Å². The molecule has 3 aromatic rings. The number of amides is 3. The molecule has 0 spiro atoms. The first kappa shape index (κ1) is 26.7. The van der Waals surface area contributed by atoms with Gasteiger partial charge in [0, 0.05) is 16.9 Å². The Morgan fingerprint density at radius 2 is 1.71 bits per heavy atom. The van der Waals surface area contributed by atoms with E-state index in [1.54, 1.807) is 48.0 Å². The number of nitrogens with one attached hydrogen (secondary N) is 3. The van der Waals surface area contributed by atoms with Crippen molar-refractivity contribution in [2.75, 3.05) is 12.4 Å². The van der Waals surface area contributed by atoms with E-state index in [2.05, 4.69) is 25.9 Å². The van der Waals surface area contributed by atoms with Crippen molar-refractivity contribution >= 4 is 46.8 Å². The molecule has 3 amide bonds. The number of nitrogens with zero attached hydrogens (tertiary/aromatic N) is 2. The Morgan fingerprint density at radius 1 is 1.00 bits per heavy atom. The highest BCUT2D eigenvalue weighted by Crippen LogP contribution is 2.28. The molecule has 0 saturated heterocycles. The Kier molecular flexibility index (Phi) is 9.47. The van der Waals surface area contributed by atoms with E-state index < -0.39 is 17.9 Å². The van der Waals surface area contributed by atoms with Crippen LogP contribution in [0.25, 0.3) is 5.82 Å². The summed E-state index contributed by atoms with van der Waals surface area (Å²) in [6.45, 7) is 7.50. The molecule has 0 aliphatic heterocycles. The molecule has 0 radical (unpaired) electrons. The van der Waals surface area contributed by atoms with Crippen molar-refractivity contribution in [3.05, 3.63) is 75.2 Å². The highest BCUT2D eigenvalue weighted by Gasteiger charge is 2.22. The van der Waals surface area contributed by atoms with Crippen LogP contribution in [0.1, 0.15) is 46.0 Å². The fourth-order valence-electron chi connectivity index (χ4n) is 3.03. The van der Waals surface area contributed by atoms with Crippen molar-refractivity contribution < 1.29 is 19.1 Å². The lowest BCUT2D eigenvalue weighted by Gasteiger charge is -2.16. The van der Waals surface area contributed by atoms with E-state index in [0.29, 0.717) is 16.4 Å². The molecular weight excluding hydrogens is 481 g/mol. The normalized spacial score (nSPS) is 9.97. The number of hydrogen-bond donors (Lipinski definition) is 3. The van der Waals surface area contributed by atoms with Crippen molar-refractivity contribution in [3.8, 4) is 5.82 Å². The molecule has 3 rings (SSSR count). The molecule has 0 unspecified atom stereocenters. The molecule has 0 aliphatic carbocycles. The van der Waals surface area contributed by atoms with Crippen LogP contribution in [0.3, 0.4) is 0 Å². The second-order valence-corrected chi connectivity index (χ2v) is 7.52. The summed E-state index contributed by atoms with van der Waals surface area (Å²) >= 11 is 12.4. The van der Waals surface area contributed by atoms with Crippen LogP contribution < -0.4 is 16.2 Å². The molecule has 2 heterocycles. The van der Waals surface area contributed by atoms with Gasteiger partial charge in [0.15, 0.2) is 5.82 Å². The number of carbonyl (C=O) groups excluding carboxylic acids is 3. The SMILES string of the molecule is CC.COC(=O)NNC(=O)c1cc(Cl)cc(C)c1NC(=O)c1ccc(C)n1-c1ncccc1Cl. The zero-order valence-electron chi connectivity index (χ0n) is 19.3. The average Bonchev–Trinajstić information content (AvgIpc) is 3.21. The zero-order valence-corrected chi connectivity index (χ0v) is 20.8. The largest absolute Gasteiger partial charge is 0.452 e. The molecule has 0 bridgehead atoms. The lowest BCUT2D eigenvalue weighted by Crippen LogP contribution is -2.41. The molecule has 1 aromatic carbocycles. The fraction of sp³-hybridized carbons (Fsp3) is 0.217. The molecule has 34 heavy (non-hydrogen) atoms. The number of hydrazine groups is 1. The molecule has 2 aromatic heterocycles. The second-order valence-electron chi connectivity index (χ2n) is 6.67. The van der Waals surface area contributed by atoms with Gasteiger partial charge in [-0.25, -0.2) is 15.2 Å². The van der Waals surface area contributed by atoms with Gasteiger partial charge in [-0.15, -0.1) is 0 Å². The number of rotatable bonds is 4. The maximum Gasteiger partial charge on any atom is 0.425 e. The van der Waals surface area contributed by atoms with Gasteiger partial charge in [0.05, 0.1) is 23.4 Å². The number of ether oxygens (including phenoxy) is 1. The molecule has 0 atom stereocenters. The van der Waals surface area contributed by atoms with Crippen LogP contribution in [0.4, 0.5) is 10.5 Å². The molecule has 0 aliphatic rings. The van der Waals surface area contributed by atoms with Crippen molar-refractivity contribution in [1.82, 2.24) is 20.4 Å². The van der Waals surface area contributed by atoms with Crippen LogP contribution in [0.2, 0.25) is 10.0 Å². The summed E-state index contributed by atoms with van der Waals surface area (Å²) in [5.74, 6) is -0.800. The van der Waals surface area contributed by atoms with Crippen LogP contribution >= 0.6 is 23.2 Å². The van der Waals surface area contributed by atoms with E-state index >= 15 is 0 Å². The number of carbonyl (C=O) groups is 3. The first-order valence-electron chi connectivity index (χ1n) is 10.3. The maximum atomic E-state index is 13.2. The molecule has 180 valence electrons. The molecule has 0 saturated carbocycles. The molecule has 0 fully saturated rings. The summed E-state index contributed by atoms with van der Waals surface area (Å²) < 4.78 is 6.04. The third-order valence-corrected chi connectivity index (χ3v) is 5.02. The summed E-state index contributed by atoms with van der Waals surface area (Å²) in [5.41, 5.74) is 6.09. The Balaban J connectivity index is 0.00000199. The standard InChI is InChI=1S/C21H19Cl2N5O4.C2H6/c1-11-9-13(22)10-14(19(29)26-27-21(31)32-3)17(11)25-20(30)16-7-6-12(2)28(16)18-15(23)5-4-8-24-18;1-2/h4-10H,1-3H3,(H,25,30)(H,26,29)(H,27,31);1-2H3. The summed E-state index contributed by atoms with van der Waals surface area (Å²) in [7, 11) is 1.15. The number of anilines is 1. The quantitative estimate of drug-likeness (QED) is 0.428. The highest BCUT2D eigenvalue weighted by atomic mass is 35.5. The van der Waals surface area contributed by atoms with Gasteiger partial charge >= 0.3 is 6.09 Å². The highest BCUT2D eigenvalue weighted by molar-refractivity contribution is 6.32. The molecule has 9 nitrogen and oxygen atoms in total. The van der Waals surface area contributed by atoms with Crippen LogP contribution in [0.15, 0.2) is 42.6 Å². The predicted octanol–water partition coefficient (Wildman–Crippen LogP) is 5.08. The third-order valence-electron chi connectivity index (χ3n) is 4.51. The van der Waals surface area contributed by atoms with E-state index in [4.69, 9.17) is 23.2 Å². The Bertz CT molecular complexity index is 1210. The van der Waals surface area contributed by atoms with Crippen molar-refractivity contribution in [1.29, 1.82) is 0 Å². The monoisotopic (exact) mass is 505 g/mol. The minimum atomic E-state index is -0.858. The first-order chi connectivity index (χ1) is 16.2. The Morgan fingerprint density at radius 3 is 2.35 bits per heavy atom. The van der Waals surface area contributed by atoms with Gasteiger partial charge in [0.1, 0.15) is 5.69 Å². The van der Waals surface area contributed by atoms with Crippen LogP contribution in [-0.2, 0) is 4.74 Å². The van der Waals surface area contributed by atoms with Gasteiger partial charge < -0.3 is 10.1 Å². The van der Waals surface area contributed by atoms with Gasteiger partial charge in [0.25, 0.3) is 11.8 Å². The lowest BCUT2D eigenvalue weighted by atomic mass is 10.1. The average molecular weight is 506 g/mol. The zero-order chi connectivity index (χ0) is 25.4. The first-order valence-corrected chi connectivity index (χ1v) is 11.0. The predicted molar refractivity (Wildman–Crippen MR) is 132 cm³/mol. The minimum Gasteiger partial charge on any atom is -0.452 e. The topological polar surface area (TPSA) is 114 Å². The number of aromatic nitrogens is 2. The fourth-order valence-corrected chi connectivity index (χ4v) is 3.51. The summed E-state index contributed by atoms with van der Waals surface area (Å²) in [6, 6.07) is 9.71. The summed E-state index contributed by atoms with van der Waals surface area (Å²) in [6.07, 6.45) is 0.714. The van der Waals surface area contributed by atoms with E-state index in [1.165, 1.54) is 6.07 Å². The number of aryl methyl sites for hydroxylation is 2. The van der Waals surface area contributed by atoms with Gasteiger partial charge in [-0.1, -0.05) is 37.0 Å². The number of halogens is 2. The van der Waals surface area contributed by atoms with Gasteiger partial charge in [-0.05, 0) is 55.8 Å². The van der Waals surface area contributed by atoms with E-state index in [-0.39, 0.29) is 22.0 Å². The van der Waals surface area contributed by atoms with Crippen molar-refractivity contribution in [2.24, 2.45) is 0 Å². The molecule has 11 heteroatoms. The van der Waals surface area contributed by atoms with Crippen molar-refractivity contribution in [2.45, 2.75) is 27.7 Å². The smallest absolute Gasteiger partial charge is 0.425 e. The lowest BCUT2D eigenvalue weighted by molar-refractivity contribution is 0.0921. The number of hydrogen-bond acceptors (Lipinski definition) is 5. The number of benzene rings is 1. The maximum absolute atomic E-state index is 13.2. The van der Waals surface area contributed by atoms with Gasteiger partial charge in [-0.2, -0.15) is 0 Å². The summed E-state index contributed by atoms with van der Waals surface area (Å²) in [5, 5.41) is 3.41. The number of pyridine rings is 1. The molecule has 3 N–H and O–H groups in total. The Hall–Kier alpha value is -3.56. The van der Waals surface area contributed by atoms with Crippen LogP contribution in [0.5, 0.6) is 0 Å². The van der Waals surface area contributed by atoms with Gasteiger partial charge in [0.2, 0.25) is 0 Å².